The SMILES string of the molecule is CCNC(c1ccc(Cl)s1)C1Cc2ccccc2S1. The van der Waals surface area contributed by atoms with Gasteiger partial charge in [-0.25, -0.2) is 0 Å². The van der Waals surface area contributed by atoms with Crippen LogP contribution in [0, 0.1) is 0 Å². The van der Waals surface area contributed by atoms with Gasteiger partial charge in [0.05, 0.1) is 10.4 Å². The highest BCUT2D eigenvalue weighted by Crippen LogP contribution is 2.44. The molecule has 3 rings (SSSR count). The lowest BCUT2D eigenvalue weighted by molar-refractivity contribution is 0.539. The second kappa shape index (κ2) is 5.88. The Hall–Kier alpha value is -0.480. The monoisotopic (exact) mass is 309 g/mol. The molecule has 100 valence electrons. The lowest BCUT2D eigenvalue weighted by atomic mass is 10.0. The zero-order chi connectivity index (χ0) is 13.2. The molecular formula is C15H16ClNS2. The van der Waals surface area contributed by atoms with Gasteiger partial charge in [0.2, 0.25) is 0 Å². The number of thioether (sulfide) groups is 1. The van der Waals surface area contributed by atoms with Crippen molar-refractivity contribution in [1.82, 2.24) is 5.32 Å². The van der Waals surface area contributed by atoms with E-state index in [1.165, 1.54) is 15.3 Å². The molecular weight excluding hydrogens is 294 g/mol. The molecule has 1 aromatic carbocycles. The summed E-state index contributed by atoms with van der Waals surface area (Å²) in [5, 5.41) is 4.18. The quantitative estimate of drug-likeness (QED) is 0.873. The van der Waals surface area contributed by atoms with E-state index < -0.39 is 0 Å². The predicted octanol–water partition coefficient (Wildman–Crippen LogP) is 4.77. The summed E-state index contributed by atoms with van der Waals surface area (Å²) in [7, 11) is 0. The average Bonchev–Trinajstić information content (AvgIpc) is 3.01. The molecule has 0 spiro atoms. The molecule has 1 aliphatic rings. The van der Waals surface area contributed by atoms with Gasteiger partial charge in [-0.2, -0.15) is 0 Å². The molecule has 0 radical (unpaired) electrons. The van der Waals surface area contributed by atoms with E-state index in [-0.39, 0.29) is 0 Å². The minimum absolute atomic E-state index is 0.389. The van der Waals surface area contributed by atoms with Gasteiger partial charge in [-0.1, -0.05) is 36.7 Å². The number of nitrogens with one attached hydrogen (secondary N) is 1. The smallest absolute Gasteiger partial charge is 0.0931 e. The van der Waals surface area contributed by atoms with Crippen LogP contribution >= 0.6 is 34.7 Å². The first-order valence-electron chi connectivity index (χ1n) is 6.51. The molecule has 1 aliphatic heterocycles. The predicted molar refractivity (Wildman–Crippen MR) is 85.5 cm³/mol. The van der Waals surface area contributed by atoms with Gasteiger partial charge in [0.25, 0.3) is 0 Å². The number of fused-ring (bicyclic) bond motifs is 1. The number of thiophene rings is 1. The normalized spacial score (nSPS) is 19.4. The summed E-state index contributed by atoms with van der Waals surface area (Å²) in [4.78, 5) is 2.77. The van der Waals surface area contributed by atoms with Crippen LogP contribution in [0.1, 0.15) is 23.4 Å². The van der Waals surface area contributed by atoms with E-state index in [0.717, 1.165) is 17.3 Å². The number of hydrogen-bond acceptors (Lipinski definition) is 3. The average molecular weight is 310 g/mol. The summed E-state index contributed by atoms with van der Waals surface area (Å²) in [6.45, 7) is 3.14. The van der Waals surface area contributed by atoms with Gasteiger partial charge < -0.3 is 5.32 Å². The van der Waals surface area contributed by atoms with Gasteiger partial charge in [-0.05, 0) is 36.7 Å². The van der Waals surface area contributed by atoms with Gasteiger partial charge in [0.15, 0.2) is 0 Å². The Labute approximate surface area is 127 Å². The standard InChI is InChI=1S/C15H16ClNS2/c1-2-17-15(12-7-8-14(16)19-12)13-9-10-5-3-4-6-11(10)18-13/h3-8,13,15,17H,2,9H2,1H3. The lowest BCUT2D eigenvalue weighted by Crippen LogP contribution is -2.29. The van der Waals surface area contributed by atoms with Crippen LogP contribution in [0.25, 0.3) is 0 Å². The van der Waals surface area contributed by atoms with E-state index in [1.54, 1.807) is 11.3 Å². The number of hydrogen-bond donors (Lipinski definition) is 1. The first kappa shape index (κ1) is 13.5. The molecule has 4 heteroatoms. The topological polar surface area (TPSA) is 12.0 Å². The maximum atomic E-state index is 6.08. The zero-order valence-electron chi connectivity index (χ0n) is 10.7. The summed E-state index contributed by atoms with van der Waals surface area (Å²) in [6, 6.07) is 13.3. The van der Waals surface area contributed by atoms with Crippen LogP contribution in [0.2, 0.25) is 4.34 Å². The van der Waals surface area contributed by atoms with Crippen molar-refractivity contribution in [1.29, 1.82) is 0 Å². The van der Waals surface area contributed by atoms with E-state index >= 15 is 0 Å². The van der Waals surface area contributed by atoms with Crippen molar-refractivity contribution in [2.45, 2.75) is 29.5 Å². The molecule has 0 fully saturated rings. The van der Waals surface area contributed by atoms with Crippen molar-refractivity contribution in [2.24, 2.45) is 0 Å². The third-order valence-electron chi connectivity index (χ3n) is 3.37. The molecule has 2 heterocycles. The third-order valence-corrected chi connectivity index (χ3v) is 6.08. The molecule has 0 saturated carbocycles. The van der Waals surface area contributed by atoms with E-state index in [0.29, 0.717) is 11.3 Å². The van der Waals surface area contributed by atoms with Crippen LogP contribution in [0.4, 0.5) is 0 Å². The molecule has 0 bridgehead atoms. The summed E-state index contributed by atoms with van der Waals surface area (Å²) in [5.41, 5.74) is 1.48. The lowest BCUT2D eigenvalue weighted by Gasteiger charge is -2.22. The molecule has 2 atom stereocenters. The Morgan fingerprint density at radius 1 is 1.32 bits per heavy atom. The third kappa shape index (κ3) is 2.84. The van der Waals surface area contributed by atoms with Crippen LogP contribution in [-0.2, 0) is 6.42 Å². The van der Waals surface area contributed by atoms with Gasteiger partial charge in [-0.3, -0.25) is 0 Å². The fourth-order valence-corrected chi connectivity index (χ4v) is 5.24. The van der Waals surface area contributed by atoms with Crippen LogP contribution in [0.5, 0.6) is 0 Å². The molecule has 2 aromatic rings. The number of rotatable bonds is 4. The van der Waals surface area contributed by atoms with Crippen LogP contribution in [0.3, 0.4) is 0 Å². The van der Waals surface area contributed by atoms with Gasteiger partial charge in [0.1, 0.15) is 0 Å². The van der Waals surface area contributed by atoms with Gasteiger partial charge in [0, 0.05) is 15.0 Å². The summed E-state index contributed by atoms with van der Waals surface area (Å²) < 4.78 is 0.874. The fraction of sp³-hybridized carbons (Fsp3) is 0.333. The van der Waals surface area contributed by atoms with E-state index in [2.05, 4.69) is 42.6 Å². The van der Waals surface area contributed by atoms with Crippen molar-refractivity contribution in [2.75, 3.05) is 6.54 Å². The maximum Gasteiger partial charge on any atom is 0.0931 e. The number of halogens is 1. The molecule has 0 amide bonds. The summed E-state index contributed by atoms with van der Waals surface area (Å²) >= 11 is 9.76. The van der Waals surface area contributed by atoms with Crippen molar-refractivity contribution < 1.29 is 0 Å². The molecule has 0 aliphatic carbocycles. The highest BCUT2D eigenvalue weighted by Gasteiger charge is 2.30. The molecule has 0 saturated heterocycles. The largest absolute Gasteiger partial charge is 0.309 e. The first-order chi connectivity index (χ1) is 9.28. The molecule has 1 N–H and O–H groups in total. The molecule has 1 nitrogen and oxygen atoms in total. The van der Waals surface area contributed by atoms with Crippen molar-refractivity contribution in [3.05, 3.63) is 51.2 Å². The summed E-state index contributed by atoms with van der Waals surface area (Å²) in [6.07, 6.45) is 1.13. The van der Waals surface area contributed by atoms with Crippen LogP contribution in [-0.4, -0.2) is 11.8 Å². The maximum absolute atomic E-state index is 6.08. The highest BCUT2D eigenvalue weighted by atomic mass is 35.5. The highest BCUT2D eigenvalue weighted by molar-refractivity contribution is 8.00. The minimum atomic E-state index is 0.389. The Balaban J connectivity index is 1.83. The van der Waals surface area contributed by atoms with Crippen molar-refractivity contribution >= 4 is 34.7 Å². The van der Waals surface area contributed by atoms with E-state index in [1.807, 2.05) is 17.8 Å². The Morgan fingerprint density at radius 3 is 2.84 bits per heavy atom. The second-order valence-corrected chi connectivity index (χ2v) is 7.67. The Bertz CT molecular complexity index is 542. The molecule has 1 aromatic heterocycles. The van der Waals surface area contributed by atoms with Gasteiger partial charge in [-0.15, -0.1) is 23.1 Å². The fourth-order valence-electron chi connectivity index (χ4n) is 2.53. The van der Waals surface area contributed by atoms with Crippen LogP contribution in [0.15, 0.2) is 41.3 Å². The Kier molecular flexibility index (Phi) is 4.18. The summed E-state index contributed by atoms with van der Waals surface area (Å²) in [5.74, 6) is 0. The zero-order valence-corrected chi connectivity index (χ0v) is 13.1. The van der Waals surface area contributed by atoms with E-state index in [9.17, 15) is 0 Å². The van der Waals surface area contributed by atoms with Crippen molar-refractivity contribution in [3.8, 4) is 0 Å². The number of benzene rings is 1. The van der Waals surface area contributed by atoms with Gasteiger partial charge >= 0.3 is 0 Å². The minimum Gasteiger partial charge on any atom is -0.309 e. The molecule has 19 heavy (non-hydrogen) atoms. The second-order valence-electron chi connectivity index (χ2n) is 4.65. The van der Waals surface area contributed by atoms with E-state index in [4.69, 9.17) is 11.6 Å². The molecule has 2 unspecified atom stereocenters. The van der Waals surface area contributed by atoms with Crippen molar-refractivity contribution in [3.63, 3.8) is 0 Å². The first-order valence-corrected chi connectivity index (χ1v) is 8.58. The Morgan fingerprint density at radius 2 is 2.16 bits per heavy atom. The van der Waals surface area contributed by atoms with Crippen LogP contribution < -0.4 is 5.32 Å².